The summed E-state index contributed by atoms with van der Waals surface area (Å²) in [6.45, 7) is -0.612. The van der Waals surface area contributed by atoms with E-state index in [-0.39, 0.29) is 5.75 Å². The van der Waals surface area contributed by atoms with Gasteiger partial charge in [-0.05, 0) is 23.8 Å². The minimum atomic E-state index is -4.40. The van der Waals surface area contributed by atoms with Crippen molar-refractivity contribution >= 4 is 15.8 Å². The predicted octanol–water partition coefficient (Wildman–Crippen LogP) is 1.74. The van der Waals surface area contributed by atoms with Crippen LogP contribution in [0.2, 0.25) is 0 Å². The van der Waals surface area contributed by atoms with Crippen molar-refractivity contribution in [3.63, 3.8) is 0 Å². The van der Waals surface area contributed by atoms with Gasteiger partial charge in [0.05, 0.1) is 11.5 Å². The number of nitro groups is 1. The molecule has 0 heterocycles. The SMILES string of the molecule is O=[N+]([O-])c1ccccc1S(=O)(=O)OCC(O)c1ccc(O)cc1. The number of rotatable bonds is 6. The van der Waals surface area contributed by atoms with E-state index in [4.69, 9.17) is 9.29 Å². The zero-order chi connectivity index (χ0) is 17.0. The Kier molecular flexibility index (Phi) is 4.94. The molecular formula is C14H13NO7S. The fraction of sp³-hybridized carbons (Fsp3) is 0.143. The van der Waals surface area contributed by atoms with E-state index in [1.54, 1.807) is 0 Å². The highest BCUT2D eigenvalue weighted by Gasteiger charge is 2.27. The molecule has 0 fully saturated rings. The van der Waals surface area contributed by atoms with Crippen molar-refractivity contribution in [1.82, 2.24) is 0 Å². The van der Waals surface area contributed by atoms with Gasteiger partial charge in [-0.2, -0.15) is 8.42 Å². The molecule has 2 aromatic rings. The average molecular weight is 339 g/mol. The van der Waals surface area contributed by atoms with Gasteiger partial charge in [0.1, 0.15) is 11.9 Å². The minimum absolute atomic E-state index is 0.00518. The summed E-state index contributed by atoms with van der Waals surface area (Å²) in [6, 6.07) is 10.2. The number of hydrogen-bond acceptors (Lipinski definition) is 7. The number of nitro benzene ring substituents is 1. The quantitative estimate of drug-likeness (QED) is 0.466. The number of aliphatic hydroxyl groups excluding tert-OH is 1. The molecule has 1 unspecified atom stereocenters. The summed E-state index contributed by atoms with van der Waals surface area (Å²) in [7, 11) is -4.40. The first-order chi connectivity index (χ1) is 10.8. The van der Waals surface area contributed by atoms with Crippen LogP contribution in [0.5, 0.6) is 5.75 Å². The van der Waals surface area contributed by atoms with Gasteiger partial charge in [-0.1, -0.05) is 24.3 Å². The van der Waals surface area contributed by atoms with Crippen LogP contribution in [0.25, 0.3) is 0 Å². The Balaban J connectivity index is 2.16. The van der Waals surface area contributed by atoms with Crippen LogP contribution in [0, 0.1) is 10.1 Å². The first kappa shape index (κ1) is 16.9. The Labute approximate surface area is 131 Å². The zero-order valence-corrected chi connectivity index (χ0v) is 12.5. The van der Waals surface area contributed by atoms with Gasteiger partial charge < -0.3 is 10.2 Å². The number of hydrogen-bond donors (Lipinski definition) is 2. The van der Waals surface area contributed by atoms with E-state index < -0.39 is 38.3 Å². The van der Waals surface area contributed by atoms with Crippen molar-refractivity contribution in [3.05, 3.63) is 64.2 Å². The second-order valence-corrected chi connectivity index (χ2v) is 6.15. The zero-order valence-electron chi connectivity index (χ0n) is 11.7. The maximum absolute atomic E-state index is 12.1. The monoisotopic (exact) mass is 339 g/mol. The van der Waals surface area contributed by atoms with Crippen molar-refractivity contribution in [2.75, 3.05) is 6.61 Å². The Bertz CT molecular complexity index is 802. The second-order valence-electron chi connectivity index (χ2n) is 4.57. The Morgan fingerprint density at radius 2 is 1.74 bits per heavy atom. The third kappa shape index (κ3) is 4.03. The highest BCUT2D eigenvalue weighted by Crippen LogP contribution is 2.26. The molecule has 23 heavy (non-hydrogen) atoms. The van der Waals surface area contributed by atoms with Gasteiger partial charge in [0.2, 0.25) is 0 Å². The topological polar surface area (TPSA) is 127 Å². The van der Waals surface area contributed by atoms with Crippen molar-refractivity contribution < 1.29 is 27.7 Å². The molecule has 2 aromatic carbocycles. The Hall–Kier alpha value is -2.49. The molecule has 0 aromatic heterocycles. The van der Waals surface area contributed by atoms with Crippen LogP contribution in [0.15, 0.2) is 53.4 Å². The summed E-state index contributed by atoms with van der Waals surface area (Å²) in [6.07, 6.45) is -1.27. The summed E-state index contributed by atoms with van der Waals surface area (Å²) in [4.78, 5) is 9.47. The van der Waals surface area contributed by atoms with E-state index in [0.29, 0.717) is 5.56 Å². The van der Waals surface area contributed by atoms with Crippen molar-refractivity contribution in [2.45, 2.75) is 11.0 Å². The molecule has 8 nitrogen and oxygen atoms in total. The molecule has 1 atom stereocenters. The van der Waals surface area contributed by atoms with Gasteiger partial charge in [-0.25, -0.2) is 0 Å². The van der Waals surface area contributed by atoms with Crippen LogP contribution in [0.3, 0.4) is 0 Å². The largest absolute Gasteiger partial charge is 0.508 e. The lowest BCUT2D eigenvalue weighted by Crippen LogP contribution is -2.14. The summed E-state index contributed by atoms with van der Waals surface area (Å²) in [5, 5.41) is 29.9. The molecule has 0 radical (unpaired) electrons. The maximum atomic E-state index is 12.1. The Morgan fingerprint density at radius 3 is 2.35 bits per heavy atom. The number of nitrogens with zero attached hydrogens (tertiary/aromatic N) is 1. The molecular weight excluding hydrogens is 326 g/mol. The molecule has 0 aliphatic rings. The van der Waals surface area contributed by atoms with Gasteiger partial charge in [-0.15, -0.1) is 0 Å². The smallest absolute Gasteiger partial charge is 0.303 e. The van der Waals surface area contributed by atoms with Crippen molar-refractivity contribution in [2.24, 2.45) is 0 Å². The van der Waals surface area contributed by atoms with E-state index in [1.165, 1.54) is 36.4 Å². The molecule has 0 spiro atoms. The lowest BCUT2D eigenvalue weighted by atomic mass is 10.1. The molecule has 9 heteroatoms. The summed E-state index contributed by atoms with van der Waals surface area (Å²) in [5.41, 5.74) is -0.271. The van der Waals surface area contributed by atoms with E-state index in [0.717, 1.165) is 12.1 Å². The molecule has 0 aliphatic heterocycles. The number of phenols is 1. The highest BCUT2D eigenvalue weighted by atomic mass is 32.2. The van der Waals surface area contributed by atoms with Crippen LogP contribution >= 0.6 is 0 Å². The third-order valence-electron chi connectivity index (χ3n) is 2.99. The minimum Gasteiger partial charge on any atom is -0.508 e. The standard InChI is InChI=1S/C14H13NO7S/c16-11-7-5-10(6-8-11)13(17)9-22-23(20,21)14-4-2-1-3-12(14)15(18)19/h1-8,13,16-17H,9H2. The second kappa shape index (κ2) is 6.73. The van der Waals surface area contributed by atoms with Crippen LogP contribution < -0.4 is 0 Å². The fourth-order valence-corrected chi connectivity index (χ4v) is 2.91. The number of aromatic hydroxyl groups is 1. The van der Waals surface area contributed by atoms with Crippen LogP contribution in [0.1, 0.15) is 11.7 Å². The van der Waals surface area contributed by atoms with Crippen LogP contribution in [-0.4, -0.2) is 30.2 Å². The lowest BCUT2D eigenvalue weighted by Gasteiger charge is -2.12. The summed E-state index contributed by atoms with van der Waals surface area (Å²) >= 11 is 0. The van der Waals surface area contributed by atoms with Crippen LogP contribution in [0.4, 0.5) is 5.69 Å². The van der Waals surface area contributed by atoms with Gasteiger partial charge >= 0.3 is 10.1 Å². The molecule has 0 saturated carbocycles. The molecule has 0 bridgehead atoms. The Morgan fingerprint density at radius 1 is 1.13 bits per heavy atom. The number of para-hydroxylation sites is 1. The van der Waals surface area contributed by atoms with E-state index >= 15 is 0 Å². The van der Waals surface area contributed by atoms with Crippen molar-refractivity contribution in [3.8, 4) is 5.75 Å². The van der Waals surface area contributed by atoms with E-state index in [9.17, 15) is 23.6 Å². The number of benzene rings is 2. The molecule has 2 rings (SSSR count). The lowest BCUT2D eigenvalue weighted by molar-refractivity contribution is -0.387. The average Bonchev–Trinajstić information content (AvgIpc) is 2.53. The molecule has 122 valence electrons. The number of aliphatic hydroxyl groups is 1. The number of phenolic OH excluding ortho intramolecular Hbond substituents is 1. The molecule has 2 N–H and O–H groups in total. The van der Waals surface area contributed by atoms with E-state index in [1.807, 2.05) is 0 Å². The predicted molar refractivity (Wildman–Crippen MR) is 79.3 cm³/mol. The first-order valence-electron chi connectivity index (χ1n) is 6.41. The molecule has 0 saturated heterocycles. The summed E-state index contributed by atoms with van der Waals surface area (Å²) < 4.78 is 28.8. The van der Waals surface area contributed by atoms with Gasteiger partial charge in [0, 0.05) is 6.07 Å². The summed E-state index contributed by atoms with van der Waals surface area (Å²) in [5.74, 6) is -0.00518. The first-order valence-corrected chi connectivity index (χ1v) is 7.82. The van der Waals surface area contributed by atoms with Gasteiger partial charge in [0.25, 0.3) is 5.69 Å². The maximum Gasteiger partial charge on any atom is 0.303 e. The molecule has 0 amide bonds. The third-order valence-corrected chi connectivity index (χ3v) is 4.32. The van der Waals surface area contributed by atoms with Crippen LogP contribution in [-0.2, 0) is 14.3 Å². The molecule has 0 aliphatic carbocycles. The normalized spacial score (nSPS) is 12.7. The fourth-order valence-electron chi connectivity index (χ4n) is 1.83. The van der Waals surface area contributed by atoms with Gasteiger partial charge in [0.15, 0.2) is 4.90 Å². The van der Waals surface area contributed by atoms with Gasteiger partial charge in [-0.3, -0.25) is 14.3 Å². The highest BCUT2D eigenvalue weighted by molar-refractivity contribution is 7.87. The van der Waals surface area contributed by atoms with Crippen molar-refractivity contribution in [1.29, 1.82) is 0 Å². The van der Waals surface area contributed by atoms with E-state index in [2.05, 4.69) is 0 Å².